The molecule has 4 rings (SSSR count). The largest absolute Gasteiger partial charge is 0.368 e. The zero-order valence-corrected chi connectivity index (χ0v) is 18.0. The van der Waals surface area contributed by atoms with E-state index in [4.69, 9.17) is 23.2 Å². The van der Waals surface area contributed by atoms with Gasteiger partial charge in [-0.1, -0.05) is 78.7 Å². The van der Waals surface area contributed by atoms with E-state index in [-0.39, 0.29) is 5.56 Å². The van der Waals surface area contributed by atoms with E-state index in [1.807, 2.05) is 30.3 Å². The monoisotopic (exact) mass is 437 g/mol. The summed E-state index contributed by atoms with van der Waals surface area (Å²) in [5, 5.41) is 12.8. The number of rotatable bonds is 6. The van der Waals surface area contributed by atoms with Crippen LogP contribution in [0.3, 0.4) is 0 Å². The third-order valence-corrected chi connectivity index (χ3v) is 5.84. The van der Waals surface area contributed by atoms with Crippen molar-refractivity contribution < 1.29 is 0 Å². The molecule has 1 aromatic heterocycles. The van der Waals surface area contributed by atoms with Gasteiger partial charge in [0.15, 0.2) is 5.82 Å². The first-order chi connectivity index (χ1) is 14.5. The fraction of sp³-hybridized carbons (Fsp3) is 0.167. The van der Waals surface area contributed by atoms with Crippen molar-refractivity contribution in [1.82, 2.24) is 10.2 Å². The minimum absolute atomic E-state index is 0.176. The zero-order valence-electron chi connectivity index (χ0n) is 16.5. The highest BCUT2D eigenvalue weighted by atomic mass is 35.5. The van der Waals surface area contributed by atoms with Crippen LogP contribution in [0.15, 0.2) is 71.5 Å². The van der Waals surface area contributed by atoms with Gasteiger partial charge in [0.2, 0.25) is 0 Å². The Hall–Kier alpha value is -2.82. The van der Waals surface area contributed by atoms with Crippen LogP contribution in [-0.4, -0.2) is 16.7 Å². The lowest BCUT2D eigenvalue weighted by Crippen LogP contribution is -2.13. The number of aromatic nitrogens is 2. The molecular formula is C24H21Cl2N3O. The third kappa shape index (κ3) is 4.35. The number of hydrogen-bond donors (Lipinski definition) is 2. The Kier molecular flexibility index (Phi) is 6.07. The SMILES string of the molecule is CC(CCNc1n[nH]c(=O)c2ccccc12)c1ccc(-c2ccc(Cl)cc2Cl)cc1. The maximum absolute atomic E-state index is 11.9. The van der Waals surface area contributed by atoms with Crippen LogP contribution in [0.2, 0.25) is 10.0 Å². The number of anilines is 1. The highest BCUT2D eigenvalue weighted by molar-refractivity contribution is 6.36. The topological polar surface area (TPSA) is 57.8 Å². The fourth-order valence-electron chi connectivity index (χ4n) is 3.54. The Morgan fingerprint density at radius 1 is 1.00 bits per heavy atom. The Morgan fingerprint density at radius 3 is 2.47 bits per heavy atom. The molecule has 0 saturated heterocycles. The molecule has 30 heavy (non-hydrogen) atoms. The fourth-order valence-corrected chi connectivity index (χ4v) is 4.06. The molecule has 0 aliphatic rings. The molecule has 6 heteroatoms. The number of nitrogens with one attached hydrogen (secondary N) is 2. The van der Waals surface area contributed by atoms with Crippen LogP contribution in [0, 0.1) is 0 Å². The highest BCUT2D eigenvalue weighted by Crippen LogP contribution is 2.31. The van der Waals surface area contributed by atoms with Crippen molar-refractivity contribution in [2.45, 2.75) is 19.3 Å². The van der Waals surface area contributed by atoms with Crippen molar-refractivity contribution in [3.63, 3.8) is 0 Å². The molecule has 0 bridgehead atoms. The van der Waals surface area contributed by atoms with Crippen LogP contribution in [-0.2, 0) is 0 Å². The minimum Gasteiger partial charge on any atom is -0.368 e. The predicted octanol–water partition coefficient (Wildman–Crippen LogP) is 6.50. The first-order valence-corrected chi connectivity index (χ1v) is 10.5. The number of aromatic amines is 1. The van der Waals surface area contributed by atoms with Gasteiger partial charge in [0, 0.05) is 27.5 Å². The molecule has 0 fully saturated rings. The van der Waals surface area contributed by atoms with Crippen molar-refractivity contribution in [2.24, 2.45) is 0 Å². The van der Waals surface area contributed by atoms with Crippen molar-refractivity contribution in [2.75, 3.05) is 11.9 Å². The van der Waals surface area contributed by atoms with Gasteiger partial charge in [-0.25, -0.2) is 5.10 Å². The van der Waals surface area contributed by atoms with E-state index in [1.54, 1.807) is 12.1 Å². The third-order valence-electron chi connectivity index (χ3n) is 5.29. The second-order valence-corrected chi connectivity index (χ2v) is 8.15. The standard InChI is InChI=1S/C24H21Cl2N3O/c1-15(12-13-27-23-20-4-2-3-5-21(20)24(30)29-28-23)16-6-8-17(9-7-16)19-11-10-18(25)14-22(19)26/h2-11,14-15H,12-13H2,1H3,(H,27,28)(H,29,30). The molecule has 0 aliphatic heterocycles. The Balaban J connectivity index is 1.42. The summed E-state index contributed by atoms with van der Waals surface area (Å²) < 4.78 is 0. The van der Waals surface area contributed by atoms with Gasteiger partial charge < -0.3 is 5.32 Å². The predicted molar refractivity (Wildman–Crippen MR) is 126 cm³/mol. The molecule has 3 aromatic carbocycles. The highest BCUT2D eigenvalue weighted by Gasteiger charge is 2.10. The van der Waals surface area contributed by atoms with Crippen LogP contribution in [0.1, 0.15) is 24.8 Å². The average Bonchev–Trinajstić information content (AvgIpc) is 2.76. The second-order valence-electron chi connectivity index (χ2n) is 7.31. The van der Waals surface area contributed by atoms with Crippen LogP contribution in [0.5, 0.6) is 0 Å². The first kappa shape index (κ1) is 20.5. The normalized spacial score (nSPS) is 12.1. The molecule has 4 nitrogen and oxygen atoms in total. The Labute approximate surface area is 184 Å². The Morgan fingerprint density at radius 2 is 1.73 bits per heavy atom. The summed E-state index contributed by atoms with van der Waals surface area (Å²) in [4.78, 5) is 11.9. The number of H-pyrrole nitrogens is 1. The summed E-state index contributed by atoms with van der Waals surface area (Å²) in [6.07, 6.45) is 0.927. The maximum atomic E-state index is 11.9. The van der Waals surface area contributed by atoms with E-state index in [0.717, 1.165) is 29.5 Å². The molecule has 1 heterocycles. The van der Waals surface area contributed by atoms with Gasteiger partial charge >= 0.3 is 0 Å². The smallest absolute Gasteiger partial charge is 0.272 e. The average molecular weight is 438 g/mol. The number of fused-ring (bicyclic) bond motifs is 1. The van der Waals surface area contributed by atoms with Crippen molar-refractivity contribution in [3.05, 3.63) is 92.7 Å². The van der Waals surface area contributed by atoms with E-state index in [1.165, 1.54) is 5.56 Å². The van der Waals surface area contributed by atoms with E-state index < -0.39 is 0 Å². The lowest BCUT2D eigenvalue weighted by Gasteiger charge is -2.14. The van der Waals surface area contributed by atoms with Gasteiger partial charge in [-0.2, -0.15) is 5.10 Å². The van der Waals surface area contributed by atoms with Crippen LogP contribution in [0.4, 0.5) is 5.82 Å². The summed E-state index contributed by atoms with van der Waals surface area (Å²) in [5.41, 5.74) is 3.11. The molecule has 152 valence electrons. The van der Waals surface area contributed by atoms with E-state index in [9.17, 15) is 4.79 Å². The van der Waals surface area contributed by atoms with E-state index >= 15 is 0 Å². The molecule has 0 spiro atoms. The molecule has 0 saturated carbocycles. The van der Waals surface area contributed by atoms with Crippen molar-refractivity contribution in [1.29, 1.82) is 0 Å². The number of halogens is 2. The summed E-state index contributed by atoms with van der Waals surface area (Å²) in [6, 6.07) is 21.5. The van der Waals surface area contributed by atoms with E-state index in [2.05, 4.69) is 46.7 Å². The maximum Gasteiger partial charge on any atom is 0.272 e. The van der Waals surface area contributed by atoms with Gasteiger partial charge in [0.1, 0.15) is 0 Å². The summed E-state index contributed by atoms with van der Waals surface area (Å²) in [7, 11) is 0. The molecule has 0 aliphatic carbocycles. The second kappa shape index (κ2) is 8.90. The Bertz CT molecular complexity index is 1240. The summed E-state index contributed by atoms with van der Waals surface area (Å²) in [6.45, 7) is 2.94. The lowest BCUT2D eigenvalue weighted by molar-refractivity contribution is 0.704. The first-order valence-electron chi connectivity index (χ1n) is 9.79. The number of hydrogen-bond acceptors (Lipinski definition) is 3. The summed E-state index contributed by atoms with van der Waals surface area (Å²) in [5.74, 6) is 1.06. The number of benzene rings is 3. The molecule has 0 radical (unpaired) electrons. The molecule has 1 atom stereocenters. The molecular weight excluding hydrogens is 417 g/mol. The molecule has 1 unspecified atom stereocenters. The van der Waals surface area contributed by atoms with Gasteiger partial charge in [0.25, 0.3) is 5.56 Å². The zero-order chi connectivity index (χ0) is 21.1. The van der Waals surface area contributed by atoms with E-state index in [0.29, 0.717) is 27.2 Å². The van der Waals surface area contributed by atoms with Crippen LogP contribution >= 0.6 is 23.2 Å². The van der Waals surface area contributed by atoms with Crippen molar-refractivity contribution >= 4 is 39.8 Å². The van der Waals surface area contributed by atoms with Gasteiger partial charge in [-0.3, -0.25) is 4.79 Å². The van der Waals surface area contributed by atoms with Gasteiger partial charge in [-0.15, -0.1) is 0 Å². The van der Waals surface area contributed by atoms with Gasteiger partial charge in [-0.05, 0) is 41.7 Å². The van der Waals surface area contributed by atoms with Crippen LogP contribution in [0.25, 0.3) is 21.9 Å². The molecule has 0 amide bonds. The molecule has 4 aromatic rings. The van der Waals surface area contributed by atoms with Gasteiger partial charge in [0.05, 0.1) is 5.39 Å². The number of nitrogens with zero attached hydrogens (tertiary/aromatic N) is 1. The lowest BCUT2D eigenvalue weighted by atomic mass is 9.95. The minimum atomic E-state index is -0.176. The van der Waals surface area contributed by atoms with Crippen molar-refractivity contribution in [3.8, 4) is 11.1 Å². The summed E-state index contributed by atoms with van der Waals surface area (Å²) >= 11 is 12.3. The molecule has 2 N–H and O–H groups in total. The van der Waals surface area contributed by atoms with Crippen LogP contribution < -0.4 is 10.9 Å². The quantitative estimate of drug-likeness (QED) is 0.361.